The highest BCUT2D eigenvalue weighted by atomic mass is 32.2. The smallest absolute Gasteiger partial charge is 0.241 e. The van der Waals surface area contributed by atoms with E-state index in [1.807, 2.05) is 0 Å². The molecule has 0 saturated heterocycles. The molecule has 29 heavy (non-hydrogen) atoms. The molecule has 0 aromatic heterocycles. The molecule has 10 heteroatoms. The second-order valence-corrected chi connectivity index (χ2v) is 10.5. The van der Waals surface area contributed by atoms with E-state index in [1.54, 1.807) is 37.3 Å². The Labute approximate surface area is 171 Å². The predicted octanol–water partition coefficient (Wildman–Crippen LogP) is 1.74. The number of methoxy groups -OCH3 is 1. The Morgan fingerprint density at radius 3 is 2.21 bits per heavy atom. The molecule has 2 aromatic carbocycles. The van der Waals surface area contributed by atoms with Gasteiger partial charge in [0.05, 0.1) is 30.0 Å². The lowest BCUT2D eigenvalue weighted by atomic mass is 10.1. The molecule has 158 valence electrons. The lowest BCUT2D eigenvalue weighted by molar-refractivity contribution is -0.120. The van der Waals surface area contributed by atoms with Crippen molar-refractivity contribution in [3.63, 3.8) is 0 Å². The SMILES string of the molecule is COc1cccc(N(CC(=O)NC(C)c2ccc(S(C)(=O)=O)cc2)S(C)(=O)=O)c1. The summed E-state index contributed by atoms with van der Waals surface area (Å²) >= 11 is 0. The topological polar surface area (TPSA) is 110 Å². The average Bonchev–Trinajstić information content (AvgIpc) is 2.64. The third kappa shape index (κ3) is 6.20. The van der Waals surface area contributed by atoms with Crippen LogP contribution in [0.5, 0.6) is 5.75 Å². The molecule has 1 atom stereocenters. The molecule has 1 unspecified atom stereocenters. The summed E-state index contributed by atoms with van der Waals surface area (Å²) in [5.41, 5.74) is 1.00. The third-order valence-electron chi connectivity index (χ3n) is 4.21. The lowest BCUT2D eigenvalue weighted by Crippen LogP contribution is -2.41. The zero-order valence-electron chi connectivity index (χ0n) is 16.6. The molecule has 1 N–H and O–H groups in total. The summed E-state index contributed by atoms with van der Waals surface area (Å²) in [6.07, 6.45) is 2.14. The summed E-state index contributed by atoms with van der Waals surface area (Å²) in [6, 6.07) is 12.1. The molecule has 0 aliphatic carbocycles. The Morgan fingerprint density at radius 2 is 1.69 bits per heavy atom. The average molecular weight is 441 g/mol. The number of carbonyl (C=O) groups excluding carboxylic acids is 1. The Balaban J connectivity index is 2.15. The fourth-order valence-electron chi connectivity index (χ4n) is 2.67. The molecular formula is C19H24N2O6S2. The van der Waals surface area contributed by atoms with E-state index in [2.05, 4.69) is 5.32 Å². The van der Waals surface area contributed by atoms with Gasteiger partial charge in [-0.1, -0.05) is 18.2 Å². The zero-order chi connectivity index (χ0) is 21.8. The van der Waals surface area contributed by atoms with Crippen molar-refractivity contribution in [2.24, 2.45) is 0 Å². The van der Waals surface area contributed by atoms with Crippen LogP contribution in [0.2, 0.25) is 0 Å². The highest BCUT2D eigenvalue weighted by molar-refractivity contribution is 7.92. The van der Waals surface area contributed by atoms with Crippen molar-refractivity contribution >= 4 is 31.5 Å². The number of nitrogens with zero attached hydrogens (tertiary/aromatic N) is 1. The van der Waals surface area contributed by atoms with Crippen molar-refractivity contribution in [2.75, 3.05) is 30.5 Å². The van der Waals surface area contributed by atoms with E-state index < -0.39 is 38.4 Å². The minimum atomic E-state index is -3.71. The molecule has 0 heterocycles. The molecule has 2 aromatic rings. The number of rotatable bonds is 8. The molecule has 0 spiro atoms. The van der Waals surface area contributed by atoms with Crippen LogP contribution >= 0.6 is 0 Å². The Hall–Kier alpha value is -2.59. The van der Waals surface area contributed by atoms with Crippen molar-refractivity contribution < 1.29 is 26.4 Å². The van der Waals surface area contributed by atoms with Crippen LogP contribution in [-0.4, -0.2) is 48.9 Å². The maximum Gasteiger partial charge on any atom is 0.241 e. The van der Waals surface area contributed by atoms with Gasteiger partial charge in [-0.15, -0.1) is 0 Å². The number of benzene rings is 2. The standard InChI is InChI=1S/C19H24N2O6S2/c1-14(15-8-10-18(11-9-15)28(3,23)24)20-19(22)13-21(29(4,25)26)16-6-5-7-17(12-16)27-2/h5-12,14H,13H2,1-4H3,(H,20,22). The normalized spacial score (nSPS) is 12.8. The van der Waals surface area contributed by atoms with Crippen LogP contribution < -0.4 is 14.4 Å². The molecule has 8 nitrogen and oxygen atoms in total. The van der Waals surface area contributed by atoms with Gasteiger partial charge in [-0.05, 0) is 36.8 Å². The van der Waals surface area contributed by atoms with Gasteiger partial charge in [-0.3, -0.25) is 9.10 Å². The van der Waals surface area contributed by atoms with Crippen LogP contribution in [0, 0.1) is 0 Å². The largest absolute Gasteiger partial charge is 0.497 e. The van der Waals surface area contributed by atoms with E-state index in [0.29, 0.717) is 17.0 Å². The van der Waals surface area contributed by atoms with Crippen molar-refractivity contribution in [3.05, 3.63) is 54.1 Å². The number of anilines is 1. The molecular weight excluding hydrogens is 416 g/mol. The maximum absolute atomic E-state index is 12.5. The summed E-state index contributed by atoms with van der Waals surface area (Å²) in [6.45, 7) is 1.32. The highest BCUT2D eigenvalue weighted by Gasteiger charge is 2.22. The van der Waals surface area contributed by atoms with Crippen molar-refractivity contribution in [2.45, 2.75) is 17.9 Å². The second kappa shape index (κ2) is 8.83. The van der Waals surface area contributed by atoms with Gasteiger partial charge in [0, 0.05) is 12.3 Å². The van der Waals surface area contributed by atoms with Crippen LogP contribution in [-0.2, 0) is 24.7 Å². The van der Waals surface area contributed by atoms with Crippen molar-refractivity contribution in [3.8, 4) is 5.75 Å². The van der Waals surface area contributed by atoms with E-state index in [1.165, 1.54) is 25.3 Å². The fourth-order valence-corrected chi connectivity index (χ4v) is 4.15. The van der Waals surface area contributed by atoms with Crippen molar-refractivity contribution in [1.82, 2.24) is 5.32 Å². The Morgan fingerprint density at radius 1 is 1.07 bits per heavy atom. The molecule has 0 saturated carbocycles. The van der Waals surface area contributed by atoms with Gasteiger partial charge >= 0.3 is 0 Å². The van der Waals surface area contributed by atoms with Crippen LogP contribution in [0.4, 0.5) is 5.69 Å². The van der Waals surface area contributed by atoms with Crippen LogP contribution in [0.25, 0.3) is 0 Å². The van der Waals surface area contributed by atoms with Gasteiger partial charge in [-0.25, -0.2) is 16.8 Å². The number of amides is 1. The summed E-state index contributed by atoms with van der Waals surface area (Å²) in [5.74, 6) is -0.0335. The highest BCUT2D eigenvalue weighted by Crippen LogP contribution is 2.23. The first-order valence-corrected chi connectivity index (χ1v) is 12.4. The number of carbonyl (C=O) groups is 1. The Bertz CT molecular complexity index is 1080. The molecule has 0 aliphatic heterocycles. The van der Waals surface area contributed by atoms with Gasteiger partial charge in [-0.2, -0.15) is 0 Å². The first-order valence-electron chi connectivity index (χ1n) is 8.63. The number of nitrogens with one attached hydrogen (secondary N) is 1. The fraction of sp³-hybridized carbons (Fsp3) is 0.316. The summed E-state index contributed by atoms with van der Waals surface area (Å²) in [4.78, 5) is 12.7. The molecule has 0 radical (unpaired) electrons. The molecule has 0 bridgehead atoms. The van der Waals surface area contributed by atoms with Gasteiger partial charge in [0.15, 0.2) is 9.84 Å². The zero-order valence-corrected chi connectivity index (χ0v) is 18.2. The van der Waals surface area contributed by atoms with E-state index >= 15 is 0 Å². The predicted molar refractivity (Wildman–Crippen MR) is 111 cm³/mol. The van der Waals surface area contributed by atoms with E-state index in [4.69, 9.17) is 4.74 Å². The van der Waals surface area contributed by atoms with E-state index in [9.17, 15) is 21.6 Å². The first kappa shape index (κ1) is 22.7. The van der Waals surface area contributed by atoms with Gasteiger partial charge in [0.25, 0.3) is 0 Å². The van der Waals surface area contributed by atoms with Crippen LogP contribution in [0.1, 0.15) is 18.5 Å². The molecule has 0 fully saturated rings. The third-order valence-corrected chi connectivity index (χ3v) is 6.48. The number of hydrogen-bond donors (Lipinski definition) is 1. The maximum atomic E-state index is 12.5. The van der Waals surface area contributed by atoms with Gasteiger partial charge in [0.1, 0.15) is 12.3 Å². The Kier molecular flexibility index (Phi) is 6.91. The molecule has 1 amide bonds. The number of sulfonamides is 1. The number of ether oxygens (including phenoxy) is 1. The monoisotopic (exact) mass is 440 g/mol. The number of hydrogen-bond acceptors (Lipinski definition) is 6. The van der Waals surface area contributed by atoms with Crippen molar-refractivity contribution in [1.29, 1.82) is 0 Å². The minimum Gasteiger partial charge on any atom is -0.497 e. The summed E-state index contributed by atoms with van der Waals surface area (Å²) in [5, 5.41) is 2.73. The van der Waals surface area contributed by atoms with E-state index in [0.717, 1.165) is 16.8 Å². The lowest BCUT2D eigenvalue weighted by Gasteiger charge is -2.23. The van der Waals surface area contributed by atoms with Gasteiger partial charge < -0.3 is 10.1 Å². The summed E-state index contributed by atoms with van der Waals surface area (Å²) < 4.78 is 53.6. The molecule has 2 rings (SSSR count). The van der Waals surface area contributed by atoms with Crippen LogP contribution in [0.3, 0.4) is 0 Å². The first-order chi connectivity index (χ1) is 13.4. The molecule has 0 aliphatic rings. The number of sulfone groups is 1. The van der Waals surface area contributed by atoms with Crippen LogP contribution in [0.15, 0.2) is 53.4 Å². The summed E-state index contributed by atoms with van der Waals surface area (Å²) in [7, 11) is -5.55. The second-order valence-electron chi connectivity index (χ2n) is 6.60. The van der Waals surface area contributed by atoms with Gasteiger partial charge in [0.2, 0.25) is 15.9 Å². The van der Waals surface area contributed by atoms with E-state index in [-0.39, 0.29) is 4.90 Å². The quantitative estimate of drug-likeness (QED) is 0.670. The minimum absolute atomic E-state index is 0.182.